The molecule has 0 nitrogen and oxygen atoms in total. The van der Waals surface area contributed by atoms with Crippen LogP contribution < -0.4 is 0 Å². The molecule has 1 unspecified atom stereocenters. The van der Waals surface area contributed by atoms with E-state index in [4.69, 9.17) is 0 Å². The molecular formula is C13H10Br3FS. The van der Waals surface area contributed by atoms with Crippen LogP contribution in [0.15, 0.2) is 25.8 Å². The lowest BCUT2D eigenvalue weighted by Crippen LogP contribution is -1.96. The molecule has 0 aliphatic rings. The van der Waals surface area contributed by atoms with E-state index in [1.54, 1.807) is 25.2 Å². The highest BCUT2D eigenvalue weighted by atomic mass is 79.9. The van der Waals surface area contributed by atoms with Gasteiger partial charge < -0.3 is 0 Å². The van der Waals surface area contributed by atoms with Crippen LogP contribution in [0.5, 0.6) is 0 Å². The van der Waals surface area contributed by atoms with Gasteiger partial charge in [0.2, 0.25) is 0 Å². The van der Waals surface area contributed by atoms with Gasteiger partial charge >= 0.3 is 0 Å². The number of thiophene rings is 1. The van der Waals surface area contributed by atoms with Gasteiger partial charge in [-0.1, -0.05) is 28.1 Å². The molecule has 0 saturated heterocycles. The van der Waals surface area contributed by atoms with Crippen molar-refractivity contribution < 1.29 is 4.39 Å². The zero-order chi connectivity index (χ0) is 13.4. The topological polar surface area (TPSA) is 0 Å². The normalized spacial score (nSPS) is 12.8. The number of hydrogen-bond donors (Lipinski definition) is 0. The molecule has 2 rings (SSSR count). The summed E-state index contributed by atoms with van der Waals surface area (Å²) < 4.78 is 15.8. The quantitative estimate of drug-likeness (QED) is 0.451. The molecule has 0 spiro atoms. The standard InChI is InChI=1S/C13H10Br3FS/c1-6-3-8(4-7(2)12(6)17)11(15)9-5-10(14)18-13(9)16/h3-5,11H,1-2H3. The van der Waals surface area contributed by atoms with E-state index in [0.29, 0.717) is 11.1 Å². The van der Waals surface area contributed by atoms with Crippen LogP contribution in [0, 0.1) is 19.7 Å². The summed E-state index contributed by atoms with van der Waals surface area (Å²) >= 11 is 12.3. The molecule has 0 saturated carbocycles. The minimum atomic E-state index is -0.121. The molecule has 0 N–H and O–H groups in total. The zero-order valence-electron chi connectivity index (χ0n) is 9.73. The van der Waals surface area contributed by atoms with E-state index >= 15 is 0 Å². The minimum absolute atomic E-state index is 0.0624. The molecule has 0 aliphatic carbocycles. The Morgan fingerprint density at radius 2 is 1.67 bits per heavy atom. The third-order valence-electron chi connectivity index (χ3n) is 2.71. The summed E-state index contributed by atoms with van der Waals surface area (Å²) in [4.78, 5) is 0.0624. The van der Waals surface area contributed by atoms with Crippen LogP contribution in [0.1, 0.15) is 27.1 Å². The fourth-order valence-corrected chi connectivity index (χ4v) is 5.82. The Bertz CT molecular complexity index is 569. The van der Waals surface area contributed by atoms with Gasteiger partial charge in [0.1, 0.15) is 5.82 Å². The SMILES string of the molecule is Cc1cc(C(Br)c2cc(Br)sc2Br)cc(C)c1F. The molecule has 0 radical (unpaired) electrons. The summed E-state index contributed by atoms with van der Waals surface area (Å²) in [7, 11) is 0. The molecule has 1 aromatic heterocycles. The maximum Gasteiger partial charge on any atom is 0.129 e. The monoisotopic (exact) mass is 454 g/mol. The molecular weight excluding hydrogens is 447 g/mol. The summed E-state index contributed by atoms with van der Waals surface area (Å²) in [5, 5.41) is 0. The molecule has 0 aliphatic heterocycles. The average molecular weight is 457 g/mol. The highest BCUT2D eigenvalue weighted by molar-refractivity contribution is 9.12. The van der Waals surface area contributed by atoms with E-state index in [0.717, 1.165) is 18.7 Å². The van der Waals surface area contributed by atoms with Gasteiger partial charge in [0.15, 0.2) is 0 Å². The van der Waals surface area contributed by atoms with Gasteiger partial charge in [-0.25, -0.2) is 4.39 Å². The molecule has 0 fully saturated rings. The number of benzene rings is 1. The highest BCUT2D eigenvalue weighted by Gasteiger charge is 2.18. The van der Waals surface area contributed by atoms with Crippen LogP contribution in [0.3, 0.4) is 0 Å². The van der Waals surface area contributed by atoms with E-state index in [2.05, 4.69) is 53.9 Å². The Morgan fingerprint density at radius 1 is 1.11 bits per heavy atom. The number of rotatable bonds is 2. The van der Waals surface area contributed by atoms with E-state index in [9.17, 15) is 4.39 Å². The first-order valence-corrected chi connectivity index (χ1v) is 8.57. The van der Waals surface area contributed by atoms with Crippen LogP contribution in [0.4, 0.5) is 4.39 Å². The van der Waals surface area contributed by atoms with E-state index in [1.165, 1.54) is 0 Å². The maximum absolute atomic E-state index is 13.6. The summed E-state index contributed by atoms with van der Waals surface area (Å²) in [5.74, 6) is -0.121. The smallest absolute Gasteiger partial charge is 0.129 e. The molecule has 0 bridgehead atoms. The second kappa shape index (κ2) is 5.73. The van der Waals surface area contributed by atoms with Crippen molar-refractivity contribution in [1.29, 1.82) is 0 Å². The van der Waals surface area contributed by atoms with Gasteiger partial charge in [-0.2, -0.15) is 0 Å². The molecule has 0 amide bonds. The summed E-state index contributed by atoms with van der Waals surface area (Å²) in [6.45, 7) is 3.59. The lowest BCUT2D eigenvalue weighted by Gasteiger charge is -2.12. The average Bonchev–Trinajstić information content (AvgIpc) is 2.63. The predicted octanol–water partition coefficient (Wildman–Crippen LogP) is 6.51. The zero-order valence-corrected chi connectivity index (χ0v) is 15.3. The Hall–Kier alpha value is 0.290. The second-order valence-electron chi connectivity index (χ2n) is 4.11. The van der Waals surface area contributed by atoms with Crippen molar-refractivity contribution in [2.24, 2.45) is 0 Å². The van der Waals surface area contributed by atoms with Crippen LogP contribution in [0.2, 0.25) is 0 Å². The van der Waals surface area contributed by atoms with Crippen LogP contribution in [-0.2, 0) is 0 Å². The van der Waals surface area contributed by atoms with Gasteiger partial charge in [0.25, 0.3) is 0 Å². The molecule has 1 heterocycles. The van der Waals surface area contributed by atoms with Gasteiger partial charge in [-0.15, -0.1) is 11.3 Å². The van der Waals surface area contributed by atoms with E-state index in [-0.39, 0.29) is 10.6 Å². The molecule has 96 valence electrons. The van der Waals surface area contributed by atoms with Crippen molar-refractivity contribution in [2.45, 2.75) is 18.7 Å². The van der Waals surface area contributed by atoms with Crippen LogP contribution >= 0.6 is 59.1 Å². The number of halogens is 4. The van der Waals surface area contributed by atoms with E-state index < -0.39 is 0 Å². The number of aryl methyl sites for hydroxylation is 2. The van der Waals surface area contributed by atoms with Crippen molar-refractivity contribution in [3.05, 3.63) is 53.8 Å². The van der Waals surface area contributed by atoms with Crippen molar-refractivity contribution >= 4 is 59.1 Å². The maximum atomic E-state index is 13.6. The number of hydrogen-bond acceptors (Lipinski definition) is 1. The number of alkyl halides is 1. The molecule has 5 heteroatoms. The lowest BCUT2D eigenvalue weighted by atomic mass is 10.0. The first kappa shape index (κ1) is 14.7. The Morgan fingerprint density at radius 3 is 2.11 bits per heavy atom. The van der Waals surface area contributed by atoms with E-state index in [1.807, 2.05) is 12.1 Å². The molecule has 1 atom stereocenters. The second-order valence-corrected chi connectivity index (χ2v) is 8.78. The highest BCUT2D eigenvalue weighted by Crippen LogP contribution is 2.42. The van der Waals surface area contributed by atoms with Crippen molar-refractivity contribution in [3.63, 3.8) is 0 Å². The van der Waals surface area contributed by atoms with Gasteiger partial charge in [0, 0.05) is 0 Å². The van der Waals surface area contributed by atoms with Gasteiger partial charge in [0.05, 0.1) is 12.4 Å². The molecule has 18 heavy (non-hydrogen) atoms. The van der Waals surface area contributed by atoms with Crippen LogP contribution in [0.25, 0.3) is 0 Å². The lowest BCUT2D eigenvalue weighted by molar-refractivity contribution is 0.608. The Labute approximate surface area is 135 Å². The first-order valence-electron chi connectivity index (χ1n) is 5.25. The predicted molar refractivity (Wildman–Crippen MR) is 86.4 cm³/mol. The fraction of sp³-hybridized carbons (Fsp3) is 0.231. The minimum Gasteiger partial charge on any atom is -0.206 e. The summed E-state index contributed by atoms with van der Waals surface area (Å²) in [6.07, 6.45) is 0. The summed E-state index contributed by atoms with van der Waals surface area (Å²) in [5.41, 5.74) is 3.58. The fourth-order valence-electron chi connectivity index (χ4n) is 1.83. The Balaban J connectivity index is 2.46. The van der Waals surface area contributed by atoms with Crippen molar-refractivity contribution in [3.8, 4) is 0 Å². The largest absolute Gasteiger partial charge is 0.206 e. The molecule has 1 aromatic carbocycles. The Kier molecular flexibility index (Phi) is 4.68. The van der Waals surface area contributed by atoms with Gasteiger partial charge in [-0.05, 0) is 74.0 Å². The summed E-state index contributed by atoms with van der Waals surface area (Å²) in [6, 6.07) is 5.85. The van der Waals surface area contributed by atoms with Crippen LogP contribution in [-0.4, -0.2) is 0 Å². The molecule has 2 aromatic rings. The third-order valence-corrected chi connectivity index (χ3v) is 6.12. The van der Waals surface area contributed by atoms with Gasteiger partial charge in [-0.3, -0.25) is 0 Å². The van der Waals surface area contributed by atoms with Crippen molar-refractivity contribution in [2.75, 3.05) is 0 Å². The third kappa shape index (κ3) is 2.89. The van der Waals surface area contributed by atoms with Crippen molar-refractivity contribution in [1.82, 2.24) is 0 Å². The first-order chi connectivity index (χ1) is 8.40.